The molecule has 2 heterocycles. The molecule has 0 fully saturated rings. The molecule has 0 aliphatic rings. The normalized spacial score (nSPS) is 10.3. The Hall–Kier alpha value is -1.20. The first kappa shape index (κ1) is 10.3. The van der Waals surface area contributed by atoms with Crippen molar-refractivity contribution in [1.29, 1.82) is 0 Å². The van der Waals surface area contributed by atoms with Crippen molar-refractivity contribution in [3.8, 4) is 0 Å². The van der Waals surface area contributed by atoms with Gasteiger partial charge >= 0.3 is 0 Å². The van der Waals surface area contributed by atoms with Crippen LogP contribution in [0.5, 0.6) is 0 Å². The molecule has 2 aromatic rings. The van der Waals surface area contributed by atoms with Crippen molar-refractivity contribution in [3.63, 3.8) is 0 Å². The first-order valence-electron chi connectivity index (χ1n) is 4.20. The predicted molar refractivity (Wildman–Crippen MR) is 58.6 cm³/mol. The van der Waals surface area contributed by atoms with Gasteiger partial charge in [-0.25, -0.2) is 9.37 Å². The van der Waals surface area contributed by atoms with Crippen LogP contribution >= 0.6 is 22.9 Å². The maximum absolute atomic E-state index is 13.2. The zero-order valence-corrected chi connectivity index (χ0v) is 9.15. The minimum absolute atomic E-state index is 0.0325. The van der Waals surface area contributed by atoms with Crippen molar-refractivity contribution >= 4 is 28.8 Å². The Kier molecular flexibility index (Phi) is 3.13. The molecule has 0 amide bonds. The van der Waals surface area contributed by atoms with E-state index in [9.17, 15) is 4.39 Å². The Bertz CT molecular complexity index is 447. The second kappa shape index (κ2) is 4.55. The maximum Gasteiger partial charge on any atom is 0.224 e. The summed E-state index contributed by atoms with van der Waals surface area (Å²) in [4.78, 5) is 8.37. The van der Waals surface area contributed by atoms with Crippen LogP contribution in [0.1, 0.15) is 4.88 Å². The molecule has 0 aromatic carbocycles. The van der Waals surface area contributed by atoms with E-state index in [1.54, 1.807) is 11.3 Å². The number of nitrogens with one attached hydrogen (secondary N) is 1. The molecule has 0 spiro atoms. The van der Waals surface area contributed by atoms with Gasteiger partial charge < -0.3 is 5.32 Å². The van der Waals surface area contributed by atoms with E-state index in [1.807, 2.05) is 17.5 Å². The van der Waals surface area contributed by atoms with Crippen molar-refractivity contribution in [2.45, 2.75) is 6.54 Å². The van der Waals surface area contributed by atoms with Crippen LogP contribution in [-0.4, -0.2) is 9.97 Å². The lowest BCUT2D eigenvalue weighted by atomic mass is 10.4. The van der Waals surface area contributed by atoms with Gasteiger partial charge in [-0.1, -0.05) is 6.07 Å². The lowest BCUT2D eigenvalue weighted by Crippen LogP contribution is -2.03. The number of aromatic nitrogens is 2. The highest BCUT2D eigenvalue weighted by Gasteiger charge is 2.05. The monoisotopic (exact) mass is 243 g/mol. The van der Waals surface area contributed by atoms with E-state index in [2.05, 4.69) is 15.3 Å². The third-order valence-electron chi connectivity index (χ3n) is 1.72. The average Bonchev–Trinajstić information content (AvgIpc) is 2.72. The topological polar surface area (TPSA) is 37.8 Å². The Morgan fingerprint density at radius 2 is 2.40 bits per heavy atom. The maximum atomic E-state index is 13.2. The van der Waals surface area contributed by atoms with Crippen molar-refractivity contribution in [2.24, 2.45) is 0 Å². The van der Waals surface area contributed by atoms with E-state index in [0.29, 0.717) is 6.54 Å². The van der Waals surface area contributed by atoms with Crippen LogP contribution in [0.4, 0.5) is 10.2 Å². The lowest BCUT2D eigenvalue weighted by molar-refractivity contribution is 0.616. The van der Waals surface area contributed by atoms with Crippen molar-refractivity contribution in [1.82, 2.24) is 9.97 Å². The SMILES string of the molecule is Fc1cnc(Cl)nc1NCc1cccs1. The molecule has 1 N–H and O–H groups in total. The highest BCUT2D eigenvalue weighted by molar-refractivity contribution is 7.09. The van der Waals surface area contributed by atoms with E-state index >= 15 is 0 Å². The molecule has 0 radical (unpaired) electrons. The highest BCUT2D eigenvalue weighted by Crippen LogP contribution is 2.15. The molecule has 2 aromatic heterocycles. The summed E-state index contributed by atoms with van der Waals surface area (Å²) in [7, 11) is 0. The molecule has 3 nitrogen and oxygen atoms in total. The van der Waals surface area contributed by atoms with Gasteiger partial charge in [0.05, 0.1) is 12.7 Å². The number of hydrogen-bond donors (Lipinski definition) is 1. The Balaban J connectivity index is 2.07. The van der Waals surface area contributed by atoms with Gasteiger partial charge in [0.15, 0.2) is 11.6 Å². The summed E-state index contributed by atoms with van der Waals surface area (Å²) >= 11 is 7.14. The molecule has 6 heteroatoms. The number of thiophene rings is 1. The summed E-state index contributed by atoms with van der Waals surface area (Å²) in [6.45, 7) is 0.530. The van der Waals surface area contributed by atoms with Gasteiger partial charge in [0.2, 0.25) is 5.28 Å². The van der Waals surface area contributed by atoms with Gasteiger partial charge in [0.1, 0.15) is 0 Å². The molecule has 2 rings (SSSR count). The molecular formula is C9H7ClFN3S. The number of anilines is 1. The minimum atomic E-state index is -0.504. The fourth-order valence-corrected chi connectivity index (χ4v) is 1.83. The quantitative estimate of drug-likeness (QED) is 0.843. The van der Waals surface area contributed by atoms with Crippen molar-refractivity contribution < 1.29 is 4.39 Å². The van der Waals surface area contributed by atoms with Crippen LogP contribution in [0.3, 0.4) is 0 Å². The van der Waals surface area contributed by atoms with Crippen LogP contribution in [0, 0.1) is 5.82 Å². The smallest absolute Gasteiger partial charge is 0.224 e. The summed E-state index contributed by atoms with van der Waals surface area (Å²) in [5.41, 5.74) is 0. The molecule has 78 valence electrons. The molecule has 0 atom stereocenters. The van der Waals surface area contributed by atoms with Gasteiger partial charge in [-0.05, 0) is 23.0 Å². The Morgan fingerprint density at radius 3 is 3.13 bits per heavy atom. The average molecular weight is 244 g/mol. The first-order valence-corrected chi connectivity index (χ1v) is 5.46. The molecule has 0 saturated carbocycles. The number of rotatable bonds is 3. The van der Waals surface area contributed by atoms with Crippen LogP contribution in [0.25, 0.3) is 0 Å². The third-order valence-corrected chi connectivity index (χ3v) is 2.78. The Morgan fingerprint density at radius 1 is 1.53 bits per heavy atom. The molecular weight excluding hydrogens is 237 g/mol. The van der Waals surface area contributed by atoms with Crippen LogP contribution < -0.4 is 5.32 Å². The summed E-state index contributed by atoms with van der Waals surface area (Å²) < 4.78 is 13.2. The van der Waals surface area contributed by atoms with Gasteiger partial charge in [0, 0.05) is 4.88 Å². The third kappa shape index (κ3) is 2.64. The van der Waals surface area contributed by atoms with E-state index in [4.69, 9.17) is 11.6 Å². The molecule has 0 aliphatic carbocycles. The van der Waals surface area contributed by atoms with Crippen LogP contribution in [0.2, 0.25) is 5.28 Å². The number of halogens is 2. The minimum Gasteiger partial charge on any atom is -0.363 e. The van der Waals surface area contributed by atoms with Crippen LogP contribution in [-0.2, 0) is 6.54 Å². The summed E-state index contributed by atoms with van der Waals surface area (Å²) in [5.74, 6) is -0.376. The van der Waals surface area contributed by atoms with Gasteiger partial charge in [-0.15, -0.1) is 11.3 Å². The fraction of sp³-hybridized carbons (Fsp3) is 0.111. The lowest BCUT2D eigenvalue weighted by Gasteiger charge is -2.04. The number of hydrogen-bond acceptors (Lipinski definition) is 4. The van der Waals surface area contributed by atoms with E-state index in [-0.39, 0.29) is 11.1 Å². The van der Waals surface area contributed by atoms with Gasteiger partial charge in [0.25, 0.3) is 0 Å². The highest BCUT2D eigenvalue weighted by atomic mass is 35.5. The first-order chi connectivity index (χ1) is 7.25. The van der Waals surface area contributed by atoms with Crippen LogP contribution in [0.15, 0.2) is 23.7 Å². The second-order valence-corrected chi connectivity index (χ2v) is 4.14. The van der Waals surface area contributed by atoms with E-state index in [1.165, 1.54) is 0 Å². The van der Waals surface area contributed by atoms with Gasteiger partial charge in [-0.2, -0.15) is 4.98 Å². The molecule has 0 aliphatic heterocycles. The summed E-state index contributed by atoms with van der Waals surface area (Å²) in [5, 5.41) is 4.85. The second-order valence-electron chi connectivity index (χ2n) is 2.77. The molecule has 0 bridgehead atoms. The summed E-state index contributed by atoms with van der Waals surface area (Å²) in [6.07, 6.45) is 1.05. The van der Waals surface area contributed by atoms with Crippen molar-refractivity contribution in [2.75, 3.05) is 5.32 Å². The fourth-order valence-electron chi connectivity index (χ4n) is 1.05. The van der Waals surface area contributed by atoms with E-state index in [0.717, 1.165) is 11.1 Å². The largest absolute Gasteiger partial charge is 0.363 e. The predicted octanol–water partition coefficient (Wildman–Crippen LogP) is 2.94. The van der Waals surface area contributed by atoms with Gasteiger partial charge in [-0.3, -0.25) is 0 Å². The standard InChI is InChI=1S/C9H7ClFN3S/c10-9-13-5-7(11)8(14-9)12-4-6-2-1-3-15-6/h1-3,5H,4H2,(H,12,13,14). The molecule has 15 heavy (non-hydrogen) atoms. The van der Waals surface area contributed by atoms with Crippen molar-refractivity contribution in [3.05, 3.63) is 39.7 Å². The zero-order chi connectivity index (χ0) is 10.7. The van der Waals surface area contributed by atoms with E-state index < -0.39 is 5.82 Å². The summed E-state index contributed by atoms with van der Waals surface area (Å²) in [6, 6.07) is 3.89. The molecule has 0 saturated heterocycles. The zero-order valence-electron chi connectivity index (χ0n) is 7.58. The number of nitrogens with zero attached hydrogens (tertiary/aromatic N) is 2. The molecule has 0 unspecified atom stereocenters. The Labute approximate surface area is 95.0 Å².